The summed E-state index contributed by atoms with van der Waals surface area (Å²) in [5.74, 6) is 0.125. The molecule has 0 aromatic carbocycles. The van der Waals surface area contributed by atoms with Gasteiger partial charge >= 0.3 is 0 Å². The molecule has 78 valence electrons. The van der Waals surface area contributed by atoms with Gasteiger partial charge in [-0.2, -0.15) is 0 Å². The number of aliphatic hydroxyl groups is 3. The Morgan fingerprint density at radius 2 is 1.54 bits per heavy atom. The fourth-order valence-corrected chi connectivity index (χ4v) is 1.63. The number of hydrogen-bond acceptors (Lipinski definition) is 4. The minimum Gasteiger partial charge on any atom is -0.388 e. The molecule has 1 saturated heterocycles. The molecule has 1 heterocycles. The minimum atomic E-state index is -1.10. The van der Waals surface area contributed by atoms with Gasteiger partial charge in [-0.1, -0.05) is 13.8 Å². The van der Waals surface area contributed by atoms with Crippen molar-refractivity contribution in [2.24, 2.45) is 5.92 Å². The zero-order chi connectivity index (χ0) is 10.2. The summed E-state index contributed by atoms with van der Waals surface area (Å²) in [6.45, 7) is 5.51. The molecule has 4 nitrogen and oxygen atoms in total. The highest BCUT2D eigenvalue weighted by Crippen LogP contribution is 2.25. The number of ether oxygens (including phenoxy) is 1. The molecule has 1 aliphatic rings. The zero-order valence-corrected chi connectivity index (χ0v) is 8.21. The third-order valence-electron chi connectivity index (χ3n) is 2.55. The molecular weight excluding hydrogens is 172 g/mol. The summed E-state index contributed by atoms with van der Waals surface area (Å²) in [5, 5.41) is 28.4. The summed E-state index contributed by atoms with van der Waals surface area (Å²) in [6.07, 6.45) is -3.91. The molecule has 0 aromatic heterocycles. The van der Waals surface area contributed by atoms with Crippen molar-refractivity contribution >= 4 is 0 Å². The second kappa shape index (κ2) is 3.92. The van der Waals surface area contributed by atoms with Gasteiger partial charge in [0.25, 0.3) is 0 Å². The average molecular weight is 190 g/mol. The molecular formula is C9H18O4. The van der Waals surface area contributed by atoms with Crippen LogP contribution in [0.15, 0.2) is 0 Å². The lowest BCUT2D eigenvalue weighted by molar-refractivity contribution is -0.226. The Labute approximate surface area is 78.1 Å². The van der Waals surface area contributed by atoms with Crippen LogP contribution >= 0.6 is 0 Å². The van der Waals surface area contributed by atoms with E-state index in [0.717, 1.165) is 0 Å². The molecule has 4 unspecified atom stereocenters. The summed E-state index contributed by atoms with van der Waals surface area (Å²) in [4.78, 5) is 0. The molecule has 5 atom stereocenters. The first-order valence-corrected chi connectivity index (χ1v) is 4.64. The lowest BCUT2D eigenvalue weighted by atomic mass is 9.90. The van der Waals surface area contributed by atoms with E-state index in [1.807, 2.05) is 13.8 Å². The third kappa shape index (κ3) is 2.02. The van der Waals surface area contributed by atoms with Gasteiger partial charge < -0.3 is 20.1 Å². The quantitative estimate of drug-likeness (QED) is 0.522. The van der Waals surface area contributed by atoms with Gasteiger partial charge in [-0.15, -0.1) is 0 Å². The molecule has 13 heavy (non-hydrogen) atoms. The lowest BCUT2D eigenvalue weighted by Crippen LogP contribution is -2.57. The predicted molar refractivity (Wildman–Crippen MR) is 47.2 cm³/mol. The molecule has 1 rings (SSSR count). The Bertz CT molecular complexity index is 171. The van der Waals surface area contributed by atoms with E-state index in [4.69, 9.17) is 4.74 Å². The Morgan fingerprint density at radius 3 is 2.00 bits per heavy atom. The van der Waals surface area contributed by atoms with Gasteiger partial charge in [0.05, 0.1) is 12.2 Å². The van der Waals surface area contributed by atoms with E-state index in [1.165, 1.54) is 0 Å². The van der Waals surface area contributed by atoms with Crippen molar-refractivity contribution in [3.63, 3.8) is 0 Å². The van der Waals surface area contributed by atoms with Gasteiger partial charge in [0, 0.05) is 0 Å². The van der Waals surface area contributed by atoms with Crippen LogP contribution in [0, 0.1) is 5.92 Å². The van der Waals surface area contributed by atoms with Crippen LogP contribution in [0.25, 0.3) is 0 Å². The largest absolute Gasteiger partial charge is 0.388 e. The number of hydrogen-bond donors (Lipinski definition) is 3. The van der Waals surface area contributed by atoms with Gasteiger partial charge in [0.15, 0.2) is 0 Å². The van der Waals surface area contributed by atoms with Crippen LogP contribution in [0.5, 0.6) is 0 Å². The van der Waals surface area contributed by atoms with E-state index in [1.54, 1.807) is 6.92 Å². The zero-order valence-electron chi connectivity index (χ0n) is 8.21. The van der Waals surface area contributed by atoms with E-state index in [2.05, 4.69) is 0 Å². The SMILES string of the molecule is CC(C)C1OC(C)[C@H](O)C(O)C1O. The molecule has 0 saturated carbocycles. The van der Waals surface area contributed by atoms with Gasteiger partial charge in [-0.25, -0.2) is 0 Å². The topological polar surface area (TPSA) is 69.9 Å². The third-order valence-corrected chi connectivity index (χ3v) is 2.55. The fraction of sp³-hybridized carbons (Fsp3) is 1.00. The lowest BCUT2D eigenvalue weighted by Gasteiger charge is -2.41. The van der Waals surface area contributed by atoms with Crippen molar-refractivity contribution in [1.82, 2.24) is 0 Å². The van der Waals surface area contributed by atoms with Crippen LogP contribution in [-0.2, 0) is 4.74 Å². The maximum Gasteiger partial charge on any atom is 0.111 e. The van der Waals surface area contributed by atoms with E-state index in [-0.39, 0.29) is 5.92 Å². The highest BCUT2D eigenvalue weighted by atomic mass is 16.5. The second-order valence-corrected chi connectivity index (χ2v) is 4.02. The Morgan fingerprint density at radius 1 is 1.00 bits per heavy atom. The first-order valence-electron chi connectivity index (χ1n) is 4.64. The average Bonchev–Trinajstić information content (AvgIpc) is 2.07. The van der Waals surface area contributed by atoms with Crippen molar-refractivity contribution in [3.8, 4) is 0 Å². The molecule has 0 amide bonds. The molecule has 0 aliphatic carbocycles. The molecule has 0 bridgehead atoms. The maximum atomic E-state index is 9.56. The summed E-state index contributed by atoms with van der Waals surface area (Å²) in [5.41, 5.74) is 0. The van der Waals surface area contributed by atoms with E-state index < -0.39 is 30.5 Å². The molecule has 3 N–H and O–H groups in total. The van der Waals surface area contributed by atoms with Gasteiger partial charge in [-0.3, -0.25) is 0 Å². The minimum absolute atomic E-state index is 0.125. The number of aliphatic hydroxyl groups excluding tert-OH is 3. The molecule has 0 radical (unpaired) electrons. The molecule has 0 aromatic rings. The van der Waals surface area contributed by atoms with Crippen molar-refractivity contribution in [1.29, 1.82) is 0 Å². The Hall–Kier alpha value is -0.160. The Balaban J connectivity index is 2.70. The van der Waals surface area contributed by atoms with Gasteiger partial charge in [0.1, 0.15) is 18.3 Å². The van der Waals surface area contributed by atoms with Crippen LogP contribution in [0.2, 0.25) is 0 Å². The van der Waals surface area contributed by atoms with Crippen molar-refractivity contribution < 1.29 is 20.1 Å². The molecule has 0 spiro atoms. The van der Waals surface area contributed by atoms with Gasteiger partial charge in [-0.05, 0) is 12.8 Å². The molecule has 1 fully saturated rings. The summed E-state index contributed by atoms with van der Waals surface area (Å²) in [6, 6.07) is 0. The summed E-state index contributed by atoms with van der Waals surface area (Å²) >= 11 is 0. The smallest absolute Gasteiger partial charge is 0.111 e. The van der Waals surface area contributed by atoms with Crippen LogP contribution < -0.4 is 0 Å². The van der Waals surface area contributed by atoms with Crippen molar-refractivity contribution in [2.75, 3.05) is 0 Å². The van der Waals surface area contributed by atoms with Crippen LogP contribution in [0.1, 0.15) is 20.8 Å². The van der Waals surface area contributed by atoms with E-state index in [0.29, 0.717) is 0 Å². The predicted octanol–water partition coefficient (Wildman–Crippen LogP) is -0.488. The monoisotopic (exact) mass is 190 g/mol. The van der Waals surface area contributed by atoms with E-state index >= 15 is 0 Å². The first kappa shape index (κ1) is 10.9. The van der Waals surface area contributed by atoms with E-state index in [9.17, 15) is 15.3 Å². The second-order valence-electron chi connectivity index (χ2n) is 4.02. The Kier molecular flexibility index (Phi) is 3.29. The first-order chi connectivity index (χ1) is 5.95. The number of rotatable bonds is 1. The summed E-state index contributed by atoms with van der Waals surface area (Å²) < 4.78 is 5.38. The standard InChI is InChI=1S/C9H18O4/c1-4(2)9-8(12)7(11)6(10)5(3)13-9/h4-12H,1-3H3/t5?,6-,7?,8?,9?/m0/s1. The highest BCUT2D eigenvalue weighted by molar-refractivity contribution is 4.91. The molecule has 4 heteroatoms. The van der Waals surface area contributed by atoms with Crippen molar-refractivity contribution in [2.45, 2.75) is 51.3 Å². The van der Waals surface area contributed by atoms with Gasteiger partial charge in [0.2, 0.25) is 0 Å². The fourth-order valence-electron chi connectivity index (χ4n) is 1.63. The van der Waals surface area contributed by atoms with Crippen LogP contribution in [0.3, 0.4) is 0 Å². The highest BCUT2D eigenvalue weighted by Gasteiger charge is 2.42. The maximum absolute atomic E-state index is 9.56. The molecule has 1 aliphatic heterocycles. The van der Waals surface area contributed by atoms with Crippen LogP contribution in [0.4, 0.5) is 0 Å². The van der Waals surface area contributed by atoms with Crippen LogP contribution in [-0.4, -0.2) is 45.8 Å². The van der Waals surface area contributed by atoms with Crippen molar-refractivity contribution in [3.05, 3.63) is 0 Å². The summed E-state index contributed by atoms with van der Waals surface area (Å²) in [7, 11) is 0. The normalized spacial score (nSPS) is 46.8.